The molecule has 2 aliphatic rings. The molecule has 2 atom stereocenters. The minimum Gasteiger partial charge on any atom is -0.462 e. The molecular weight excluding hydrogens is 546 g/mol. The van der Waals surface area contributed by atoms with Crippen LogP contribution in [0.1, 0.15) is 47.0 Å². The summed E-state index contributed by atoms with van der Waals surface area (Å²) < 4.78 is 9.36. The zero-order valence-corrected chi connectivity index (χ0v) is 24.3. The molecule has 0 spiro atoms. The molecule has 2 unspecified atom stereocenters. The van der Waals surface area contributed by atoms with Crippen LogP contribution in [-0.4, -0.2) is 42.6 Å². The molecule has 2 bridgehead atoms. The molecule has 0 N–H and O–H groups in total. The van der Waals surface area contributed by atoms with Gasteiger partial charge in [-0.05, 0) is 108 Å². The third-order valence-corrected chi connectivity index (χ3v) is 6.53. The molecule has 0 saturated heterocycles. The van der Waals surface area contributed by atoms with Gasteiger partial charge in [-0.25, -0.2) is 9.59 Å². The van der Waals surface area contributed by atoms with E-state index in [1.165, 1.54) is 0 Å². The number of fused-ring (bicyclic) bond motifs is 2. The Bertz CT molecular complexity index is 1670. The van der Waals surface area contributed by atoms with Gasteiger partial charge in [-0.1, -0.05) is 38.4 Å². The number of esters is 2. The highest BCUT2D eigenvalue weighted by Crippen LogP contribution is 2.62. The van der Waals surface area contributed by atoms with E-state index in [0.29, 0.717) is 0 Å². The Balaban J connectivity index is 0.000000474. The minimum atomic E-state index is -0.914. The van der Waals surface area contributed by atoms with E-state index in [1.807, 2.05) is 20.8 Å². The number of ether oxygens (including phenoxy) is 2. The molecule has 0 radical (unpaired) electrons. The zero-order valence-electron chi connectivity index (χ0n) is 24.3. The second kappa shape index (κ2) is 18.3. The first-order chi connectivity index (χ1) is 20.5. The molecule has 214 valence electrons. The van der Waals surface area contributed by atoms with Crippen molar-refractivity contribution < 1.29 is 33.5 Å². The molecule has 8 nitrogen and oxygen atoms in total. The van der Waals surface area contributed by atoms with Crippen LogP contribution in [0.4, 0.5) is 0 Å². The van der Waals surface area contributed by atoms with Crippen molar-refractivity contribution in [3.8, 4) is 95.2 Å². The molecule has 2 fully saturated rings. The molecule has 2 aliphatic carbocycles. The lowest BCUT2D eigenvalue weighted by molar-refractivity contribution is -0.157. The molecule has 43 heavy (non-hydrogen) atoms. The smallest absolute Gasteiger partial charge is 0.346 e. The number of carbonyl (C=O) groups excluding carboxylic acids is 4. The number of carbonyl (C=O) groups is 4. The quantitative estimate of drug-likeness (QED) is 0.0875. The standard InChI is InChI=1S/C18H23NO7.C17H4/c1-5-12(20)24-8-9-25-13(21)10-14(22)26-19-16-15(23)11-6-7-18(16,4)17(11,2)3;1-3-5-7-9-11-13-15-17-16-14-12-10-8-6-4-2/h5,11H,1,6-10H2,2-4H3;1H,2H3/b19-16-;. The molecule has 0 aromatic heterocycles. The van der Waals surface area contributed by atoms with Crippen molar-refractivity contribution in [1.29, 1.82) is 0 Å². The van der Waals surface area contributed by atoms with Crippen molar-refractivity contribution in [2.45, 2.75) is 47.0 Å². The number of terminal acetylenes is 1. The van der Waals surface area contributed by atoms with Gasteiger partial charge in [0, 0.05) is 17.4 Å². The first kappa shape index (κ1) is 35.0. The van der Waals surface area contributed by atoms with Gasteiger partial charge in [-0.2, -0.15) is 0 Å². The molecule has 8 heteroatoms. The van der Waals surface area contributed by atoms with Gasteiger partial charge in [0.25, 0.3) is 0 Å². The molecule has 2 saturated carbocycles. The van der Waals surface area contributed by atoms with E-state index in [-0.39, 0.29) is 36.0 Å². The van der Waals surface area contributed by atoms with Crippen LogP contribution in [0.3, 0.4) is 0 Å². The van der Waals surface area contributed by atoms with Crippen LogP contribution >= 0.6 is 0 Å². The maximum atomic E-state index is 12.4. The lowest BCUT2D eigenvalue weighted by Gasteiger charge is -2.32. The monoisotopic (exact) mass is 573 g/mol. The van der Waals surface area contributed by atoms with Gasteiger partial charge in [-0.15, -0.1) is 6.42 Å². The summed E-state index contributed by atoms with van der Waals surface area (Å²) in [6, 6.07) is 0. The highest BCUT2D eigenvalue weighted by Gasteiger charge is 2.65. The summed E-state index contributed by atoms with van der Waals surface area (Å²) >= 11 is 0. The van der Waals surface area contributed by atoms with E-state index in [2.05, 4.69) is 105 Å². The van der Waals surface area contributed by atoms with Crippen LogP contribution in [0.2, 0.25) is 0 Å². The number of Topliss-reactive ketones (excluding diaryl/α,β-unsaturated/α-hetero) is 1. The normalized spacial score (nSPS) is 18.0. The lowest BCUT2D eigenvalue weighted by Crippen LogP contribution is -2.34. The number of rotatable bonds is 7. The fraction of sp³-hybridized carbons (Fsp3) is 0.343. The number of ketones is 1. The van der Waals surface area contributed by atoms with Gasteiger partial charge in [0.1, 0.15) is 25.3 Å². The van der Waals surface area contributed by atoms with Crippen LogP contribution in [0.15, 0.2) is 17.8 Å². The Morgan fingerprint density at radius 1 is 0.884 bits per heavy atom. The van der Waals surface area contributed by atoms with Crippen LogP contribution in [0, 0.1) is 112 Å². The predicted octanol–water partition coefficient (Wildman–Crippen LogP) is 2.24. The van der Waals surface area contributed by atoms with Crippen LogP contribution in [0.25, 0.3) is 0 Å². The van der Waals surface area contributed by atoms with E-state index in [4.69, 9.17) is 16.0 Å². The summed E-state index contributed by atoms with van der Waals surface area (Å²) in [5.41, 5.74) is -0.418. The highest BCUT2D eigenvalue weighted by atomic mass is 16.7. The fourth-order valence-corrected chi connectivity index (χ4v) is 4.06. The molecule has 0 aromatic carbocycles. The van der Waals surface area contributed by atoms with E-state index in [0.717, 1.165) is 18.9 Å². The van der Waals surface area contributed by atoms with Gasteiger partial charge in [0.05, 0.1) is 0 Å². The number of hydrogen-bond acceptors (Lipinski definition) is 8. The number of hydrogen-bond donors (Lipinski definition) is 0. The van der Waals surface area contributed by atoms with Gasteiger partial charge in [0.2, 0.25) is 0 Å². The van der Waals surface area contributed by atoms with Gasteiger partial charge >= 0.3 is 17.9 Å². The second-order valence-corrected chi connectivity index (χ2v) is 9.20. The Morgan fingerprint density at radius 3 is 1.86 bits per heavy atom. The summed E-state index contributed by atoms with van der Waals surface area (Å²) in [5.74, 6) is 34.3. The van der Waals surface area contributed by atoms with Gasteiger partial charge in [0.15, 0.2) is 5.78 Å². The zero-order chi connectivity index (χ0) is 32.1. The lowest BCUT2D eigenvalue weighted by atomic mass is 9.70. The van der Waals surface area contributed by atoms with E-state index < -0.39 is 29.7 Å². The summed E-state index contributed by atoms with van der Waals surface area (Å²) in [6.45, 7) is 10.6. The molecular formula is C35H27NO7. The van der Waals surface area contributed by atoms with E-state index >= 15 is 0 Å². The Kier molecular flexibility index (Phi) is 14.9. The van der Waals surface area contributed by atoms with Crippen molar-refractivity contribution in [3.05, 3.63) is 12.7 Å². The van der Waals surface area contributed by atoms with Crippen molar-refractivity contribution in [1.82, 2.24) is 0 Å². The average molecular weight is 574 g/mol. The third kappa shape index (κ3) is 11.2. The largest absolute Gasteiger partial charge is 0.462 e. The van der Waals surface area contributed by atoms with E-state index in [9.17, 15) is 19.2 Å². The molecule has 0 aliphatic heterocycles. The Morgan fingerprint density at radius 2 is 1.40 bits per heavy atom. The number of oxime groups is 1. The maximum absolute atomic E-state index is 12.4. The Hall–Kier alpha value is -6.03. The summed E-state index contributed by atoms with van der Waals surface area (Å²) in [7, 11) is 0. The molecule has 0 heterocycles. The Labute approximate surface area is 252 Å². The van der Waals surface area contributed by atoms with Crippen LogP contribution < -0.4 is 0 Å². The van der Waals surface area contributed by atoms with Crippen molar-refractivity contribution in [3.63, 3.8) is 0 Å². The molecule has 0 aromatic rings. The highest BCUT2D eigenvalue weighted by molar-refractivity contribution is 6.45. The van der Waals surface area contributed by atoms with E-state index in [1.54, 1.807) is 6.92 Å². The van der Waals surface area contributed by atoms with Crippen molar-refractivity contribution >= 4 is 29.4 Å². The minimum absolute atomic E-state index is 0.0943. The first-order valence-electron chi connectivity index (χ1n) is 12.7. The third-order valence-electron chi connectivity index (χ3n) is 6.53. The van der Waals surface area contributed by atoms with Crippen molar-refractivity contribution in [2.24, 2.45) is 21.9 Å². The summed E-state index contributed by atoms with van der Waals surface area (Å²) in [5, 5.41) is 3.77. The maximum Gasteiger partial charge on any atom is 0.346 e. The van der Waals surface area contributed by atoms with Crippen molar-refractivity contribution in [2.75, 3.05) is 13.2 Å². The van der Waals surface area contributed by atoms with Crippen LogP contribution in [-0.2, 0) is 33.5 Å². The predicted molar refractivity (Wildman–Crippen MR) is 159 cm³/mol. The van der Waals surface area contributed by atoms with Gasteiger partial charge in [-0.3, -0.25) is 9.59 Å². The molecule has 0 amide bonds. The number of nitrogens with zero attached hydrogens (tertiary/aromatic N) is 1. The summed E-state index contributed by atoms with van der Waals surface area (Å²) in [6.07, 6.45) is 6.83. The van der Waals surface area contributed by atoms with Crippen LogP contribution in [0.5, 0.6) is 0 Å². The SMILES string of the molecule is C#CC#CC#CC#CC#CC#CC#CC#CC.C=CC(=O)OCCOC(=O)CC(=O)O/N=C1/C(=O)C2CCC1(C)C2(C)C. The average Bonchev–Trinajstić information content (AvgIpc) is 3.29. The topological polar surface area (TPSA) is 108 Å². The summed E-state index contributed by atoms with van der Waals surface area (Å²) in [4.78, 5) is 51.2. The van der Waals surface area contributed by atoms with Gasteiger partial charge < -0.3 is 14.3 Å². The fourth-order valence-electron chi connectivity index (χ4n) is 4.06. The second-order valence-electron chi connectivity index (χ2n) is 9.20. The molecule has 2 rings (SSSR count). The first-order valence-corrected chi connectivity index (χ1v) is 12.7.